The van der Waals surface area contributed by atoms with E-state index < -0.39 is 11.7 Å². The number of hydrogen-bond donors (Lipinski definition) is 1. The number of rotatable bonds is 1. The van der Waals surface area contributed by atoms with Crippen LogP contribution in [0.4, 0.5) is 0 Å². The standard InChI is InChI=1S/C20H28O3/c1-11(2)12-10-20-14(9-13(12)21)19(5)8-6-7-18(3,4)16(19)15(22)17(20)23-20/h9-11,15-17,22H,6-8H2,1-5H3. The first-order valence-electron chi connectivity index (χ1n) is 8.99. The molecule has 1 saturated heterocycles. The Kier molecular flexibility index (Phi) is 2.96. The maximum atomic E-state index is 12.6. The van der Waals surface area contributed by atoms with Crippen LogP contribution in [0.3, 0.4) is 0 Å². The second-order valence-corrected chi connectivity index (χ2v) is 9.24. The molecule has 2 saturated carbocycles. The lowest BCUT2D eigenvalue weighted by Gasteiger charge is -2.57. The highest BCUT2D eigenvalue weighted by Crippen LogP contribution is 2.69. The summed E-state index contributed by atoms with van der Waals surface area (Å²) in [6.07, 6.45) is 6.55. The summed E-state index contributed by atoms with van der Waals surface area (Å²) in [5, 5.41) is 11.1. The molecule has 4 rings (SSSR count). The van der Waals surface area contributed by atoms with Gasteiger partial charge in [0.25, 0.3) is 0 Å². The lowest BCUT2D eigenvalue weighted by molar-refractivity contribution is -0.112. The van der Waals surface area contributed by atoms with Crippen molar-refractivity contribution in [2.24, 2.45) is 22.7 Å². The SMILES string of the molecule is CC(C)C1=CC23OC2C(O)C2C(C)(C)CCCC2(C)C3=CC1=O. The van der Waals surface area contributed by atoms with Crippen molar-refractivity contribution in [1.82, 2.24) is 0 Å². The minimum atomic E-state index is -0.508. The van der Waals surface area contributed by atoms with E-state index in [0.29, 0.717) is 0 Å². The summed E-state index contributed by atoms with van der Waals surface area (Å²) < 4.78 is 6.11. The van der Waals surface area contributed by atoms with Gasteiger partial charge in [-0.1, -0.05) is 41.0 Å². The first-order valence-corrected chi connectivity index (χ1v) is 8.99. The summed E-state index contributed by atoms with van der Waals surface area (Å²) in [7, 11) is 0. The number of hydrogen-bond acceptors (Lipinski definition) is 3. The summed E-state index contributed by atoms with van der Waals surface area (Å²) in [4.78, 5) is 12.6. The molecule has 0 aromatic rings. The van der Waals surface area contributed by atoms with Crippen LogP contribution in [0.25, 0.3) is 0 Å². The van der Waals surface area contributed by atoms with Crippen LogP contribution in [-0.2, 0) is 9.53 Å². The molecular formula is C20H28O3. The maximum Gasteiger partial charge on any atom is 0.181 e. The van der Waals surface area contributed by atoms with Gasteiger partial charge in [0.2, 0.25) is 0 Å². The first kappa shape index (κ1) is 15.6. The van der Waals surface area contributed by atoms with Crippen molar-refractivity contribution in [2.75, 3.05) is 0 Å². The number of ketones is 1. The largest absolute Gasteiger partial charge is 0.390 e. The van der Waals surface area contributed by atoms with Gasteiger partial charge in [0.15, 0.2) is 5.78 Å². The van der Waals surface area contributed by atoms with Crippen molar-refractivity contribution in [3.63, 3.8) is 0 Å². The smallest absolute Gasteiger partial charge is 0.181 e. The number of aliphatic hydroxyl groups is 1. The maximum absolute atomic E-state index is 12.6. The monoisotopic (exact) mass is 316 g/mol. The third kappa shape index (κ3) is 1.81. The van der Waals surface area contributed by atoms with E-state index >= 15 is 0 Å². The molecule has 23 heavy (non-hydrogen) atoms. The molecular weight excluding hydrogens is 288 g/mol. The van der Waals surface area contributed by atoms with Crippen LogP contribution in [0, 0.1) is 22.7 Å². The molecule has 5 unspecified atom stereocenters. The zero-order valence-electron chi connectivity index (χ0n) is 14.8. The quantitative estimate of drug-likeness (QED) is 0.754. The predicted molar refractivity (Wildman–Crippen MR) is 88.9 cm³/mol. The molecule has 0 radical (unpaired) electrons. The first-order chi connectivity index (χ1) is 10.6. The number of aliphatic hydroxyl groups excluding tert-OH is 1. The molecule has 1 N–H and O–H groups in total. The molecule has 3 aliphatic carbocycles. The molecule has 0 bridgehead atoms. The van der Waals surface area contributed by atoms with Gasteiger partial charge in [-0.25, -0.2) is 0 Å². The Morgan fingerprint density at radius 2 is 1.96 bits per heavy atom. The number of carbonyl (C=O) groups excluding carboxylic acids is 1. The number of allylic oxidation sites excluding steroid dienone is 2. The van der Waals surface area contributed by atoms with E-state index in [9.17, 15) is 9.90 Å². The predicted octanol–water partition coefficient (Wildman–Crippen LogP) is 3.42. The van der Waals surface area contributed by atoms with E-state index in [1.165, 1.54) is 0 Å². The van der Waals surface area contributed by atoms with Crippen molar-refractivity contribution in [3.8, 4) is 0 Å². The molecule has 126 valence electrons. The molecule has 0 aromatic carbocycles. The van der Waals surface area contributed by atoms with Crippen molar-refractivity contribution < 1.29 is 14.6 Å². The van der Waals surface area contributed by atoms with Crippen LogP contribution in [-0.4, -0.2) is 28.7 Å². The van der Waals surface area contributed by atoms with E-state index in [1.54, 1.807) is 0 Å². The van der Waals surface area contributed by atoms with Gasteiger partial charge >= 0.3 is 0 Å². The number of ether oxygens (including phenoxy) is 1. The molecule has 3 heteroatoms. The number of epoxide rings is 1. The van der Waals surface area contributed by atoms with Crippen molar-refractivity contribution in [1.29, 1.82) is 0 Å². The summed E-state index contributed by atoms with van der Waals surface area (Å²) in [6.45, 7) is 10.9. The lowest BCUT2D eigenvalue weighted by atomic mass is 9.47. The second kappa shape index (κ2) is 4.37. The third-order valence-electron chi connectivity index (χ3n) is 6.97. The van der Waals surface area contributed by atoms with Gasteiger partial charge < -0.3 is 9.84 Å². The van der Waals surface area contributed by atoms with Crippen LogP contribution in [0.1, 0.15) is 53.9 Å². The minimum Gasteiger partial charge on any atom is -0.390 e. The highest BCUT2D eigenvalue weighted by atomic mass is 16.6. The Balaban J connectivity index is 1.86. The second-order valence-electron chi connectivity index (χ2n) is 9.24. The highest BCUT2D eigenvalue weighted by molar-refractivity contribution is 6.07. The summed E-state index contributed by atoms with van der Waals surface area (Å²) in [6, 6.07) is 0. The van der Waals surface area contributed by atoms with Crippen LogP contribution in [0.15, 0.2) is 23.3 Å². The molecule has 1 heterocycles. The molecule has 0 amide bonds. The Morgan fingerprint density at radius 3 is 2.61 bits per heavy atom. The number of carbonyl (C=O) groups is 1. The number of fused-ring (bicyclic) bond motifs is 2. The van der Waals surface area contributed by atoms with Crippen LogP contribution >= 0.6 is 0 Å². The van der Waals surface area contributed by atoms with Gasteiger partial charge in [0.05, 0.1) is 6.10 Å². The van der Waals surface area contributed by atoms with Crippen molar-refractivity contribution in [2.45, 2.75) is 71.7 Å². The molecule has 3 fully saturated rings. The van der Waals surface area contributed by atoms with E-state index in [0.717, 1.165) is 30.4 Å². The van der Waals surface area contributed by atoms with E-state index in [2.05, 4.69) is 20.8 Å². The fraction of sp³-hybridized carbons (Fsp3) is 0.750. The van der Waals surface area contributed by atoms with E-state index in [1.807, 2.05) is 26.0 Å². The van der Waals surface area contributed by atoms with Gasteiger partial charge in [-0.15, -0.1) is 0 Å². The van der Waals surface area contributed by atoms with Crippen LogP contribution in [0.5, 0.6) is 0 Å². The Morgan fingerprint density at radius 1 is 1.26 bits per heavy atom. The fourth-order valence-corrected chi connectivity index (χ4v) is 6.00. The summed E-state index contributed by atoms with van der Waals surface area (Å²) in [5.74, 6) is 0.469. The lowest BCUT2D eigenvalue weighted by Crippen LogP contribution is -2.58. The summed E-state index contributed by atoms with van der Waals surface area (Å²) >= 11 is 0. The topological polar surface area (TPSA) is 49.8 Å². The Bertz CT molecular complexity index is 641. The average molecular weight is 316 g/mol. The van der Waals surface area contributed by atoms with Crippen LogP contribution < -0.4 is 0 Å². The molecule has 1 aliphatic heterocycles. The van der Waals surface area contributed by atoms with Crippen LogP contribution in [0.2, 0.25) is 0 Å². The highest BCUT2D eigenvalue weighted by Gasteiger charge is 2.74. The normalized spacial score (nSPS) is 47.3. The molecule has 0 aromatic heterocycles. The van der Waals surface area contributed by atoms with Gasteiger partial charge in [-0.2, -0.15) is 0 Å². The molecule has 1 spiro atoms. The Labute approximate surface area is 138 Å². The van der Waals surface area contributed by atoms with Gasteiger partial charge in [-0.05, 0) is 47.3 Å². The third-order valence-corrected chi connectivity index (χ3v) is 6.97. The molecule has 4 aliphatic rings. The van der Waals surface area contributed by atoms with Gasteiger partial charge in [0.1, 0.15) is 11.7 Å². The molecule has 5 atom stereocenters. The van der Waals surface area contributed by atoms with Gasteiger partial charge in [0, 0.05) is 11.5 Å². The van der Waals surface area contributed by atoms with Crippen molar-refractivity contribution in [3.05, 3.63) is 23.3 Å². The van der Waals surface area contributed by atoms with E-state index in [4.69, 9.17) is 4.74 Å². The Hall–Kier alpha value is -0.930. The average Bonchev–Trinajstić information content (AvgIpc) is 3.14. The van der Waals surface area contributed by atoms with Gasteiger partial charge in [-0.3, -0.25) is 4.79 Å². The summed E-state index contributed by atoms with van der Waals surface area (Å²) in [5.41, 5.74) is 1.37. The van der Waals surface area contributed by atoms with Crippen molar-refractivity contribution >= 4 is 5.78 Å². The minimum absolute atomic E-state index is 0.0659. The zero-order valence-corrected chi connectivity index (χ0v) is 14.8. The molecule has 3 nitrogen and oxygen atoms in total. The zero-order chi connectivity index (χ0) is 16.8. The fourth-order valence-electron chi connectivity index (χ4n) is 6.00. The van der Waals surface area contributed by atoms with E-state index in [-0.39, 0.29) is 34.6 Å².